The van der Waals surface area contributed by atoms with Gasteiger partial charge in [0.2, 0.25) is 0 Å². The Bertz CT molecular complexity index is 394. The second-order valence-corrected chi connectivity index (χ2v) is 3.18. The molecule has 2 N–H and O–H groups in total. The van der Waals surface area contributed by atoms with Crippen molar-refractivity contribution in [3.63, 3.8) is 0 Å². The largest absolute Gasteiger partial charge is 0.397 e. The van der Waals surface area contributed by atoms with Gasteiger partial charge in [0.15, 0.2) is 0 Å². The first kappa shape index (κ1) is 8.93. The summed E-state index contributed by atoms with van der Waals surface area (Å²) >= 11 is 1.53. The fraction of sp³-hybridized carbons (Fsp3) is 0.250. The summed E-state index contributed by atoms with van der Waals surface area (Å²) in [6.45, 7) is 1.96. The monoisotopic (exact) mass is 181 g/mol. The third-order valence-corrected chi connectivity index (χ3v) is 2.39. The predicted octanol–water partition coefficient (Wildman–Crippen LogP) is 2.22. The van der Waals surface area contributed by atoms with E-state index in [1.807, 2.05) is 6.92 Å². The molecule has 0 fully saturated rings. The maximum atomic E-state index is 5.65. The van der Waals surface area contributed by atoms with Crippen LogP contribution in [0, 0.1) is 6.92 Å². The second kappa shape index (κ2) is 3.06. The van der Waals surface area contributed by atoms with Crippen molar-refractivity contribution in [2.75, 3.05) is 5.73 Å². The zero-order valence-corrected chi connectivity index (χ0v) is 6.85. The van der Waals surface area contributed by atoms with E-state index in [0.717, 1.165) is 15.9 Å². The van der Waals surface area contributed by atoms with Crippen LogP contribution in [0.25, 0.3) is 10.3 Å². The number of hydrogen-bond acceptors (Lipinski definition) is 4. The summed E-state index contributed by atoms with van der Waals surface area (Å²) < 4.78 is 0. The maximum Gasteiger partial charge on any atom is 0.143 e. The first-order valence-corrected chi connectivity index (χ1v) is 4.11. The average Bonchev–Trinajstić information content (AvgIpc) is 2.45. The van der Waals surface area contributed by atoms with Crippen molar-refractivity contribution in [1.82, 2.24) is 9.97 Å². The van der Waals surface area contributed by atoms with Crippen LogP contribution in [0.1, 0.15) is 13.0 Å². The van der Waals surface area contributed by atoms with Crippen LogP contribution in [0.15, 0.2) is 11.7 Å². The van der Waals surface area contributed by atoms with Gasteiger partial charge in [0.1, 0.15) is 10.3 Å². The van der Waals surface area contributed by atoms with Gasteiger partial charge in [0.05, 0.1) is 17.4 Å². The fourth-order valence-corrected chi connectivity index (χ4v) is 1.64. The fourth-order valence-electron chi connectivity index (χ4n) is 0.951. The van der Waals surface area contributed by atoms with E-state index in [0.29, 0.717) is 5.69 Å². The Kier molecular flexibility index (Phi) is 2.28. The van der Waals surface area contributed by atoms with E-state index in [-0.39, 0.29) is 7.43 Å². The number of nitrogen functional groups attached to an aromatic ring is 1. The Morgan fingerprint density at radius 2 is 2.17 bits per heavy atom. The van der Waals surface area contributed by atoms with E-state index in [1.165, 1.54) is 11.3 Å². The third kappa shape index (κ3) is 1.14. The van der Waals surface area contributed by atoms with Crippen LogP contribution in [0.4, 0.5) is 5.69 Å². The number of aryl methyl sites for hydroxylation is 1. The van der Waals surface area contributed by atoms with Gasteiger partial charge >= 0.3 is 0 Å². The molecule has 2 aromatic rings. The van der Waals surface area contributed by atoms with Gasteiger partial charge in [-0.3, -0.25) is 0 Å². The molecule has 2 rings (SSSR count). The quantitative estimate of drug-likeness (QED) is 0.678. The van der Waals surface area contributed by atoms with Gasteiger partial charge in [0, 0.05) is 5.56 Å². The van der Waals surface area contributed by atoms with Crippen LogP contribution in [0.3, 0.4) is 0 Å². The molecule has 0 amide bonds. The number of hydrogen-bond donors (Lipinski definition) is 1. The number of thiazole rings is 1. The van der Waals surface area contributed by atoms with E-state index in [4.69, 9.17) is 5.73 Å². The van der Waals surface area contributed by atoms with Crippen LogP contribution in [-0.2, 0) is 0 Å². The minimum atomic E-state index is 0. The van der Waals surface area contributed by atoms with Crippen LogP contribution < -0.4 is 5.73 Å². The minimum absolute atomic E-state index is 0. The number of fused-ring (bicyclic) bond motifs is 1. The third-order valence-electron chi connectivity index (χ3n) is 1.66. The van der Waals surface area contributed by atoms with Crippen molar-refractivity contribution >= 4 is 27.4 Å². The van der Waals surface area contributed by atoms with Gasteiger partial charge in [-0.1, -0.05) is 7.43 Å². The molecular weight excluding hydrogens is 170 g/mol. The summed E-state index contributed by atoms with van der Waals surface area (Å²) in [5.41, 5.74) is 10.1. The molecule has 0 aliphatic carbocycles. The molecule has 0 spiro atoms. The van der Waals surface area contributed by atoms with Crippen molar-refractivity contribution in [2.24, 2.45) is 0 Å². The van der Waals surface area contributed by atoms with Gasteiger partial charge < -0.3 is 5.73 Å². The normalized spacial score (nSPS) is 9.75. The van der Waals surface area contributed by atoms with Crippen molar-refractivity contribution in [3.05, 3.63) is 17.3 Å². The van der Waals surface area contributed by atoms with Crippen molar-refractivity contribution in [2.45, 2.75) is 14.4 Å². The van der Waals surface area contributed by atoms with Crippen LogP contribution in [0.5, 0.6) is 0 Å². The maximum absolute atomic E-state index is 5.65. The molecule has 0 saturated heterocycles. The number of rotatable bonds is 0. The summed E-state index contributed by atoms with van der Waals surface area (Å²) in [5.74, 6) is 0. The highest BCUT2D eigenvalue weighted by Crippen LogP contribution is 2.21. The molecule has 64 valence electrons. The molecule has 0 atom stereocenters. The minimum Gasteiger partial charge on any atom is -0.397 e. The number of anilines is 1. The first-order chi connectivity index (χ1) is 5.29. The van der Waals surface area contributed by atoms with Gasteiger partial charge in [-0.15, -0.1) is 11.3 Å². The molecule has 0 bridgehead atoms. The SMILES string of the molecule is C.Cc1c(N)cnc2scnc12. The Morgan fingerprint density at radius 1 is 1.42 bits per heavy atom. The lowest BCUT2D eigenvalue weighted by Crippen LogP contribution is -1.91. The van der Waals surface area contributed by atoms with Gasteiger partial charge in [-0.25, -0.2) is 9.97 Å². The van der Waals surface area contributed by atoms with E-state index in [2.05, 4.69) is 9.97 Å². The molecule has 4 heteroatoms. The lowest BCUT2D eigenvalue weighted by atomic mass is 10.2. The average molecular weight is 181 g/mol. The molecule has 0 radical (unpaired) electrons. The standard InChI is InChI=1S/C7H7N3S.CH4/c1-4-5(8)2-9-7-6(4)10-3-11-7;/h2-3H,8H2,1H3;1H4. The Balaban J connectivity index is 0.000000720. The summed E-state index contributed by atoms with van der Waals surface area (Å²) in [6, 6.07) is 0. The first-order valence-electron chi connectivity index (χ1n) is 3.23. The predicted molar refractivity (Wildman–Crippen MR) is 53.3 cm³/mol. The van der Waals surface area contributed by atoms with Crippen LogP contribution in [-0.4, -0.2) is 9.97 Å². The van der Waals surface area contributed by atoms with Gasteiger partial charge in [-0.05, 0) is 6.92 Å². The molecule has 0 unspecified atom stereocenters. The molecule has 0 aliphatic rings. The summed E-state index contributed by atoms with van der Waals surface area (Å²) in [4.78, 5) is 9.24. The smallest absolute Gasteiger partial charge is 0.143 e. The number of nitrogens with two attached hydrogens (primary N) is 1. The number of nitrogens with zero attached hydrogens (tertiary/aromatic N) is 2. The number of aromatic nitrogens is 2. The highest BCUT2D eigenvalue weighted by molar-refractivity contribution is 7.16. The van der Waals surface area contributed by atoms with Gasteiger partial charge in [-0.2, -0.15) is 0 Å². The molecule has 12 heavy (non-hydrogen) atoms. The zero-order chi connectivity index (χ0) is 7.84. The molecular formula is C8H11N3S. The zero-order valence-electron chi connectivity index (χ0n) is 6.03. The van der Waals surface area contributed by atoms with Crippen molar-refractivity contribution in [1.29, 1.82) is 0 Å². The summed E-state index contributed by atoms with van der Waals surface area (Å²) in [7, 11) is 0. The highest BCUT2D eigenvalue weighted by Gasteiger charge is 2.03. The Labute approximate surface area is 75.3 Å². The van der Waals surface area contributed by atoms with Crippen molar-refractivity contribution < 1.29 is 0 Å². The molecule has 0 saturated carbocycles. The lowest BCUT2D eigenvalue weighted by molar-refractivity contribution is 1.35. The molecule has 2 heterocycles. The number of pyridine rings is 1. The van der Waals surface area contributed by atoms with Crippen LogP contribution >= 0.6 is 11.3 Å². The van der Waals surface area contributed by atoms with Crippen LogP contribution in [0.2, 0.25) is 0 Å². The second-order valence-electron chi connectivity index (χ2n) is 2.34. The van der Waals surface area contributed by atoms with E-state index in [1.54, 1.807) is 11.7 Å². The lowest BCUT2D eigenvalue weighted by Gasteiger charge is -1.97. The Morgan fingerprint density at radius 3 is 2.92 bits per heavy atom. The molecule has 0 aliphatic heterocycles. The van der Waals surface area contributed by atoms with E-state index in [9.17, 15) is 0 Å². The molecule has 0 aromatic carbocycles. The summed E-state index contributed by atoms with van der Waals surface area (Å²) in [5, 5.41) is 0. The Hall–Kier alpha value is -1.16. The topological polar surface area (TPSA) is 51.8 Å². The molecule has 2 aromatic heterocycles. The summed E-state index contributed by atoms with van der Waals surface area (Å²) in [6.07, 6.45) is 1.68. The van der Waals surface area contributed by atoms with Gasteiger partial charge in [0.25, 0.3) is 0 Å². The van der Waals surface area contributed by atoms with E-state index < -0.39 is 0 Å². The van der Waals surface area contributed by atoms with E-state index >= 15 is 0 Å². The van der Waals surface area contributed by atoms with Crippen molar-refractivity contribution in [3.8, 4) is 0 Å². The highest BCUT2D eigenvalue weighted by atomic mass is 32.1. The molecule has 3 nitrogen and oxygen atoms in total.